The Bertz CT molecular complexity index is 779. The summed E-state index contributed by atoms with van der Waals surface area (Å²) in [6, 6.07) is -0.521. The first-order valence-electron chi connectivity index (χ1n) is 13.2. The summed E-state index contributed by atoms with van der Waals surface area (Å²) >= 11 is 0. The predicted molar refractivity (Wildman–Crippen MR) is 127 cm³/mol. The molecule has 0 aromatic carbocycles. The van der Waals surface area contributed by atoms with Gasteiger partial charge in [0.25, 0.3) is 0 Å². The van der Waals surface area contributed by atoms with Gasteiger partial charge < -0.3 is 10.4 Å². The van der Waals surface area contributed by atoms with Gasteiger partial charge in [0.2, 0.25) is 5.91 Å². The SMILES string of the molecule is CCNC(=O)N(C(=O)C1C[C@@]2(C)C(=CC1O)CC[C@@H]1[C@H]2CC[C@]2(C)CCC[C@@H]12)C(C)CC. The Morgan fingerprint density at radius 1 is 1.19 bits per heavy atom. The van der Waals surface area contributed by atoms with Crippen LogP contribution in [0.5, 0.6) is 0 Å². The van der Waals surface area contributed by atoms with Crippen LogP contribution < -0.4 is 5.32 Å². The lowest BCUT2D eigenvalue weighted by Gasteiger charge is -2.58. The van der Waals surface area contributed by atoms with Crippen LogP contribution in [0.15, 0.2) is 11.6 Å². The maximum atomic E-state index is 13.7. The molecule has 180 valence electrons. The molecule has 3 saturated carbocycles. The zero-order valence-corrected chi connectivity index (χ0v) is 20.8. The number of imide groups is 1. The lowest BCUT2D eigenvalue weighted by atomic mass is 9.46. The molecule has 32 heavy (non-hydrogen) atoms. The largest absolute Gasteiger partial charge is 0.388 e. The van der Waals surface area contributed by atoms with Crippen LogP contribution in [0.2, 0.25) is 0 Å². The van der Waals surface area contributed by atoms with Gasteiger partial charge in [-0.1, -0.05) is 38.8 Å². The molecule has 0 aromatic rings. The lowest BCUT2D eigenvalue weighted by molar-refractivity contribution is -0.140. The third-order valence-electron chi connectivity index (χ3n) is 10.1. The van der Waals surface area contributed by atoms with E-state index in [-0.39, 0.29) is 23.4 Å². The normalized spacial score (nSPS) is 41.6. The Morgan fingerprint density at radius 3 is 2.62 bits per heavy atom. The fourth-order valence-corrected chi connectivity index (χ4v) is 8.12. The van der Waals surface area contributed by atoms with E-state index in [1.807, 2.05) is 26.8 Å². The van der Waals surface area contributed by atoms with Gasteiger partial charge in [-0.3, -0.25) is 9.69 Å². The topological polar surface area (TPSA) is 69.6 Å². The number of urea groups is 1. The van der Waals surface area contributed by atoms with Gasteiger partial charge in [0.05, 0.1) is 12.0 Å². The van der Waals surface area contributed by atoms with E-state index in [0.717, 1.165) is 18.3 Å². The van der Waals surface area contributed by atoms with Gasteiger partial charge in [-0.2, -0.15) is 0 Å². The number of fused-ring (bicyclic) bond motifs is 5. The molecule has 5 nitrogen and oxygen atoms in total. The molecule has 0 saturated heterocycles. The molecule has 0 aromatic heterocycles. The van der Waals surface area contributed by atoms with Gasteiger partial charge in [-0.05, 0) is 93.8 Å². The van der Waals surface area contributed by atoms with Crippen molar-refractivity contribution in [3.63, 3.8) is 0 Å². The van der Waals surface area contributed by atoms with E-state index in [0.29, 0.717) is 30.7 Å². The van der Waals surface area contributed by atoms with Crippen LogP contribution >= 0.6 is 0 Å². The quantitative estimate of drug-likeness (QED) is 0.579. The number of hydrogen-bond acceptors (Lipinski definition) is 3. The monoisotopic (exact) mass is 444 g/mol. The summed E-state index contributed by atoms with van der Waals surface area (Å²) in [5.74, 6) is 1.38. The first-order valence-corrected chi connectivity index (χ1v) is 13.2. The van der Waals surface area contributed by atoms with Gasteiger partial charge >= 0.3 is 6.03 Å². The number of rotatable bonds is 4. The Balaban J connectivity index is 1.62. The average Bonchev–Trinajstić information content (AvgIpc) is 3.15. The van der Waals surface area contributed by atoms with Crippen LogP contribution in [0.25, 0.3) is 0 Å². The molecule has 0 spiro atoms. The van der Waals surface area contributed by atoms with Crippen molar-refractivity contribution in [1.29, 1.82) is 0 Å². The van der Waals surface area contributed by atoms with Crippen molar-refractivity contribution in [3.05, 3.63) is 11.6 Å². The fourth-order valence-electron chi connectivity index (χ4n) is 8.12. The zero-order chi connectivity index (χ0) is 23.3. The van der Waals surface area contributed by atoms with Gasteiger partial charge in [-0.25, -0.2) is 4.79 Å². The van der Waals surface area contributed by atoms with Gasteiger partial charge in [0.15, 0.2) is 0 Å². The number of allylic oxidation sites excluding steroid dienone is 1. The van der Waals surface area contributed by atoms with Crippen LogP contribution in [0.1, 0.15) is 92.4 Å². The lowest BCUT2D eigenvalue weighted by Crippen LogP contribution is -2.56. The minimum Gasteiger partial charge on any atom is -0.388 e. The highest BCUT2D eigenvalue weighted by Crippen LogP contribution is 2.65. The van der Waals surface area contributed by atoms with E-state index in [9.17, 15) is 14.7 Å². The molecule has 4 rings (SSSR count). The first kappa shape index (κ1) is 23.8. The second-order valence-corrected chi connectivity index (χ2v) is 11.7. The van der Waals surface area contributed by atoms with E-state index < -0.39 is 12.0 Å². The molecule has 0 aliphatic heterocycles. The molecule has 5 heteroatoms. The molecule has 0 radical (unpaired) electrons. The number of nitrogens with one attached hydrogen (secondary N) is 1. The van der Waals surface area contributed by atoms with Crippen molar-refractivity contribution in [3.8, 4) is 0 Å². The van der Waals surface area contributed by atoms with Gasteiger partial charge in [-0.15, -0.1) is 0 Å². The number of aliphatic hydroxyl groups is 1. The minimum absolute atomic E-state index is 0.0469. The molecular weight excluding hydrogens is 400 g/mol. The summed E-state index contributed by atoms with van der Waals surface area (Å²) in [6.45, 7) is 11.1. The molecule has 3 fully saturated rings. The number of aliphatic hydroxyl groups excluding tert-OH is 1. The molecule has 2 N–H and O–H groups in total. The number of hydrogen-bond donors (Lipinski definition) is 2. The van der Waals surface area contributed by atoms with Crippen molar-refractivity contribution in [1.82, 2.24) is 10.2 Å². The fraction of sp³-hybridized carbons (Fsp3) is 0.852. The smallest absolute Gasteiger partial charge is 0.324 e. The van der Waals surface area contributed by atoms with Crippen LogP contribution in [-0.2, 0) is 4.79 Å². The van der Waals surface area contributed by atoms with Crippen molar-refractivity contribution in [2.24, 2.45) is 34.5 Å². The third-order valence-corrected chi connectivity index (χ3v) is 10.1. The molecule has 0 bridgehead atoms. The highest BCUT2D eigenvalue weighted by atomic mass is 16.3. The third kappa shape index (κ3) is 3.73. The number of carbonyl (C=O) groups is 2. The van der Waals surface area contributed by atoms with E-state index in [1.165, 1.54) is 49.0 Å². The van der Waals surface area contributed by atoms with E-state index in [1.54, 1.807) is 0 Å². The average molecular weight is 445 g/mol. The van der Waals surface area contributed by atoms with E-state index in [4.69, 9.17) is 0 Å². The highest BCUT2D eigenvalue weighted by Gasteiger charge is 2.58. The van der Waals surface area contributed by atoms with E-state index in [2.05, 4.69) is 19.2 Å². The Hall–Kier alpha value is -1.36. The zero-order valence-electron chi connectivity index (χ0n) is 20.8. The number of carbonyl (C=O) groups excluding carboxylic acids is 2. The molecule has 4 aliphatic carbocycles. The summed E-state index contributed by atoms with van der Waals surface area (Å²) < 4.78 is 0. The highest BCUT2D eigenvalue weighted by molar-refractivity contribution is 5.96. The second kappa shape index (κ2) is 8.77. The molecular formula is C27H44N2O3. The first-order chi connectivity index (χ1) is 15.2. The Kier molecular flexibility index (Phi) is 6.52. The number of nitrogens with zero attached hydrogens (tertiary/aromatic N) is 1. The molecule has 3 unspecified atom stereocenters. The van der Waals surface area contributed by atoms with Crippen molar-refractivity contribution in [2.45, 2.75) is 105 Å². The number of amides is 3. The summed E-state index contributed by atoms with van der Waals surface area (Å²) in [5, 5.41) is 13.8. The van der Waals surface area contributed by atoms with Gasteiger partial charge in [0, 0.05) is 12.6 Å². The summed E-state index contributed by atoms with van der Waals surface area (Å²) in [6.07, 6.45) is 11.5. The van der Waals surface area contributed by atoms with Crippen LogP contribution in [0.4, 0.5) is 4.79 Å². The van der Waals surface area contributed by atoms with Crippen LogP contribution in [0.3, 0.4) is 0 Å². The molecule has 0 heterocycles. The van der Waals surface area contributed by atoms with Crippen LogP contribution in [-0.4, -0.2) is 40.6 Å². The maximum absolute atomic E-state index is 13.7. The van der Waals surface area contributed by atoms with E-state index >= 15 is 0 Å². The van der Waals surface area contributed by atoms with Crippen molar-refractivity contribution in [2.75, 3.05) is 6.54 Å². The Morgan fingerprint density at radius 2 is 1.94 bits per heavy atom. The summed E-state index contributed by atoms with van der Waals surface area (Å²) in [5.41, 5.74) is 1.83. The molecule has 8 atom stereocenters. The van der Waals surface area contributed by atoms with Crippen molar-refractivity contribution < 1.29 is 14.7 Å². The van der Waals surface area contributed by atoms with Crippen molar-refractivity contribution >= 4 is 11.9 Å². The molecule has 3 amide bonds. The second-order valence-electron chi connectivity index (χ2n) is 11.7. The summed E-state index contributed by atoms with van der Waals surface area (Å²) in [7, 11) is 0. The standard InChI is InChI=1S/C27H44N2O3/c1-6-17(3)29(25(32)28-7-2)24(31)20-16-27(5)18(15-23(20)30)10-11-19-21-9-8-13-26(21,4)14-12-22(19)27/h15,17,19-23,30H,6-14,16H2,1-5H3,(H,28,32)/t17?,19-,20?,21-,22+,23?,26-,27-/m0/s1. The molecule has 4 aliphatic rings. The summed E-state index contributed by atoms with van der Waals surface area (Å²) in [4.78, 5) is 27.9. The maximum Gasteiger partial charge on any atom is 0.324 e. The van der Waals surface area contributed by atoms with Gasteiger partial charge in [0.1, 0.15) is 0 Å². The predicted octanol–water partition coefficient (Wildman–Crippen LogP) is 5.28. The Labute approximate surface area is 194 Å². The minimum atomic E-state index is -0.802. The van der Waals surface area contributed by atoms with Crippen LogP contribution in [0, 0.1) is 34.5 Å².